The highest BCUT2D eigenvalue weighted by molar-refractivity contribution is 4.88. The van der Waals surface area contributed by atoms with E-state index in [1.807, 2.05) is 0 Å². The minimum atomic E-state index is 0.566. The molecule has 2 heteroatoms. The SMILES string of the molecule is CCN(CC1CC1)CC1(CNC)CCCCCC1. The largest absolute Gasteiger partial charge is 0.319 e. The maximum absolute atomic E-state index is 3.48. The lowest BCUT2D eigenvalue weighted by Crippen LogP contribution is -2.44. The van der Waals surface area contributed by atoms with Crippen molar-refractivity contribution >= 4 is 0 Å². The van der Waals surface area contributed by atoms with Crippen LogP contribution in [0.4, 0.5) is 0 Å². The monoisotopic (exact) mass is 252 g/mol. The van der Waals surface area contributed by atoms with Crippen LogP contribution in [0.2, 0.25) is 0 Å². The molecule has 2 rings (SSSR count). The standard InChI is InChI=1S/C16H32N2/c1-3-18(12-15-8-9-15)14-16(13-17-2)10-6-4-5-7-11-16/h15,17H,3-14H2,1-2H3. The van der Waals surface area contributed by atoms with Gasteiger partial charge in [-0.2, -0.15) is 0 Å². The molecule has 2 fully saturated rings. The van der Waals surface area contributed by atoms with E-state index in [1.54, 1.807) is 0 Å². The van der Waals surface area contributed by atoms with Gasteiger partial charge in [-0.1, -0.05) is 32.6 Å². The predicted octanol–water partition coefficient (Wildman–Crippen LogP) is 3.28. The van der Waals surface area contributed by atoms with E-state index in [4.69, 9.17) is 0 Å². The minimum absolute atomic E-state index is 0.566. The third-order valence-corrected chi connectivity index (χ3v) is 4.94. The Hall–Kier alpha value is -0.0800. The molecule has 1 N–H and O–H groups in total. The normalized spacial score (nSPS) is 24.2. The molecule has 2 nitrogen and oxygen atoms in total. The fourth-order valence-electron chi connectivity index (χ4n) is 3.69. The summed E-state index contributed by atoms with van der Waals surface area (Å²) in [5.74, 6) is 1.03. The molecular weight excluding hydrogens is 220 g/mol. The molecule has 0 radical (unpaired) electrons. The van der Waals surface area contributed by atoms with Gasteiger partial charge < -0.3 is 10.2 Å². The van der Waals surface area contributed by atoms with Crippen LogP contribution < -0.4 is 5.32 Å². The first-order valence-corrected chi connectivity index (χ1v) is 8.15. The summed E-state index contributed by atoms with van der Waals surface area (Å²) in [4.78, 5) is 2.74. The van der Waals surface area contributed by atoms with E-state index in [-0.39, 0.29) is 0 Å². The van der Waals surface area contributed by atoms with Crippen molar-refractivity contribution in [3.05, 3.63) is 0 Å². The van der Waals surface area contributed by atoms with Crippen LogP contribution in [-0.4, -0.2) is 38.1 Å². The molecule has 0 unspecified atom stereocenters. The van der Waals surface area contributed by atoms with E-state index in [0.717, 1.165) is 5.92 Å². The molecule has 2 aliphatic carbocycles. The summed E-state index contributed by atoms with van der Waals surface area (Å²) in [6, 6.07) is 0. The molecule has 0 atom stereocenters. The average Bonchev–Trinajstić information content (AvgIpc) is 3.17. The highest BCUT2D eigenvalue weighted by Gasteiger charge is 2.33. The van der Waals surface area contributed by atoms with Crippen molar-refractivity contribution in [1.29, 1.82) is 0 Å². The average molecular weight is 252 g/mol. The summed E-state index contributed by atoms with van der Waals surface area (Å²) in [6.07, 6.45) is 11.7. The lowest BCUT2D eigenvalue weighted by molar-refractivity contribution is 0.129. The fraction of sp³-hybridized carbons (Fsp3) is 1.00. The van der Waals surface area contributed by atoms with Crippen molar-refractivity contribution in [2.24, 2.45) is 11.3 Å². The van der Waals surface area contributed by atoms with Crippen LogP contribution in [0.15, 0.2) is 0 Å². The van der Waals surface area contributed by atoms with Gasteiger partial charge in [0.1, 0.15) is 0 Å². The smallest absolute Gasteiger partial charge is 0.00501 e. The molecule has 0 aromatic rings. The Labute approximate surface area is 114 Å². The highest BCUT2D eigenvalue weighted by Crippen LogP contribution is 2.37. The maximum atomic E-state index is 3.48. The summed E-state index contributed by atoms with van der Waals surface area (Å²) in [6.45, 7) is 7.49. The third kappa shape index (κ3) is 4.24. The zero-order valence-electron chi connectivity index (χ0n) is 12.5. The van der Waals surface area contributed by atoms with Crippen molar-refractivity contribution in [3.8, 4) is 0 Å². The Balaban J connectivity index is 1.92. The molecule has 106 valence electrons. The quantitative estimate of drug-likeness (QED) is 0.700. The second kappa shape index (κ2) is 6.91. The van der Waals surface area contributed by atoms with Gasteiger partial charge in [0.2, 0.25) is 0 Å². The van der Waals surface area contributed by atoms with Crippen molar-refractivity contribution < 1.29 is 0 Å². The molecule has 0 amide bonds. The van der Waals surface area contributed by atoms with Gasteiger partial charge in [0, 0.05) is 19.6 Å². The first-order valence-electron chi connectivity index (χ1n) is 8.15. The molecule has 0 spiro atoms. The van der Waals surface area contributed by atoms with Crippen LogP contribution in [0.3, 0.4) is 0 Å². The Kier molecular flexibility index (Phi) is 5.50. The van der Waals surface area contributed by atoms with E-state index < -0.39 is 0 Å². The zero-order chi connectivity index (χ0) is 12.8. The van der Waals surface area contributed by atoms with Crippen LogP contribution >= 0.6 is 0 Å². The number of nitrogens with zero attached hydrogens (tertiary/aromatic N) is 1. The van der Waals surface area contributed by atoms with Crippen LogP contribution in [0.5, 0.6) is 0 Å². The Morgan fingerprint density at radius 2 is 1.78 bits per heavy atom. The third-order valence-electron chi connectivity index (χ3n) is 4.94. The lowest BCUT2D eigenvalue weighted by Gasteiger charge is -2.38. The summed E-state index contributed by atoms with van der Waals surface area (Å²) in [7, 11) is 2.13. The van der Waals surface area contributed by atoms with E-state index in [9.17, 15) is 0 Å². The van der Waals surface area contributed by atoms with Gasteiger partial charge in [0.25, 0.3) is 0 Å². The Morgan fingerprint density at radius 1 is 1.11 bits per heavy atom. The molecule has 2 aliphatic rings. The van der Waals surface area contributed by atoms with Crippen LogP contribution in [0.1, 0.15) is 58.3 Å². The summed E-state index contributed by atoms with van der Waals surface area (Å²) in [5.41, 5.74) is 0.566. The van der Waals surface area contributed by atoms with Crippen molar-refractivity contribution in [2.75, 3.05) is 33.2 Å². The molecule has 18 heavy (non-hydrogen) atoms. The minimum Gasteiger partial charge on any atom is -0.319 e. The second-order valence-corrected chi connectivity index (χ2v) is 6.72. The van der Waals surface area contributed by atoms with Crippen molar-refractivity contribution in [1.82, 2.24) is 10.2 Å². The molecule has 0 aromatic carbocycles. The van der Waals surface area contributed by atoms with E-state index >= 15 is 0 Å². The molecule has 0 aliphatic heterocycles. The van der Waals surface area contributed by atoms with Gasteiger partial charge in [-0.05, 0) is 50.6 Å². The lowest BCUT2D eigenvalue weighted by atomic mass is 9.79. The molecule has 0 aromatic heterocycles. The van der Waals surface area contributed by atoms with Gasteiger partial charge >= 0.3 is 0 Å². The Morgan fingerprint density at radius 3 is 2.28 bits per heavy atom. The second-order valence-electron chi connectivity index (χ2n) is 6.72. The van der Waals surface area contributed by atoms with Crippen molar-refractivity contribution in [2.45, 2.75) is 58.3 Å². The Bertz CT molecular complexity index is 227. The summed E-state index contributed by atoms with van der Waals surface area (Å²) >= 11 is 0. The maximum Gasteiger partial charge on any atom is 0.00501 e. The predicted molar refractivity (Wildman–Crippen MR) is 78.9 cm³/mol. The number of rotatable bonds is 7. The van der Waals surface area contributed by atoms with Crippen LogP contribution in [0, 0.1) is 11.3 Å². The number of nitrogens with one attached hydrogen (secondary N) is 1. The molecule has 0 heterocycles. The first-order chi connectivity index (χ1) is 8.78. The topological polar surface area (TPSA) is 15.3 Å². The van der Waals surface area contributed by atoms with E-state index in [0.29, 0.717) is 5.41 Å². The number of hydrogen-bond acceptors (Lipinski definition) is 2. The molecular formula is C16H32N2. The molecule has 2 saturated carbocycles. The molecule has 0 saturated heterocycles. The van der Waals surface area contributed by atoms with Crippen LogP contribution in [-0.2, 0) is 0 Å². The summed E-state index contributed by atoms with van der Waals surface area (Å²) < 4.78 is 0. The first kappa shape index (κ1) is 14.3. The fourth-order valence-corrected chi connectivity index (χ4v) is 3.69. The van der Waals surface area contributed by atoms with Crippen molar-refractivity contribution in [3.63, 3.8) is 0 Å². The van der Waals surface area contributed by atoms with Crippen LogP contribution in [0.25, 0.3) is 0 Å². The highest BCUT2D eigenvalue weighted by atomic mass is 15.1. The molecule has 0 bridgehead atoms. The van der Waals surface area contributed by atoms with Gasteiger partial charge in [-0.25, -0.2) is 0 Å². The number of hydrogen-bond donors (Lipinski definition) is 1. The van der Waals surface area contributed by atoms with E-state index in [1.165, 1.54) is 77.5 Å². The van der Waals surface area contributed by atoms with E-state index in [2.05, 4.69) is 24.2 Å². The zero-order valence-corrected chi connectivity index (χ0v) is 12.5. The van der Waals surface area contributed by atoms with Gasteiger partial charge in [-0.15, -0.1) is 0 Å². The van der Waals surface area contributed by atoms with Gasteiger partial charge in [-0.3, -0.25) is 0 Å². The summed E-state index contributed by atoms with van der Waals surface area (Å²) in [5, 5.41) is 3.48. The van der Waals surface area contributed by atoms with Gasteiger partial charge in [0.15, 0.2) is 0 Å². The van der Waals surface area contributed by atoms with Gasteiger partial charge in [0.05, 0.1) is 0 Å².